The fourth-order valence-electron chi connectivity index (χ4n) is 3.12. The zero-order chi connectivity index (χ0) is 20.4. The summed E-state index contributed by atoms with van der Waals surface area (Å²) in [5, 5.41) is 7.91. The van der Waals surface area contributed by atoms with Crippen LogP contribution in [0.5, 0.6) is 5.75 Å². The number of aromatic nitrogens is 3. The smallest absolute Gasteiger partial charge is 0.277 e. The summed E-state index contributed by atoms with van der Waals surface area (Å²) in [4.78, 5) is 27.7. The van der Waals surface area contributed by atoms with E-state index in [0.29, 0.717) is 39.7 Å². The number of aromatic amines is 1. The maximum atomic E-state index is 12.9. The molecule has 0 radical (unpaired) electrons. The first-order valence-electron chi connectivity index (χ1n) is 8.71. The molecule has 1 aromatic carbocycles. The average molecular weight is 399 g/mol. The molecule has 146 valence electrons. The Labute approximate surface area is 166 Å². The number of carbonyl (C=O) groups excluding carboxylic acids is 2. The number of rotatable bonds is 7. The van der Waals surface area contributed by atoms with Gasteiger partial charge in [-0.2, -0.15) is 0 Å². The van der Waals surface area contributed by atoms with E-state index in [-0.39, 0.29) is 16.8 Å². The maximum absolute atomic E-state index is 12.9. The van der Waals surface area contributed by atoms with Gasteiger partial charge in [-0.3, -0.25) is 9.59 Å². The molecule has 0 bridgehead atoms. The minimum absolute atomic E-state index is 0.0658. The van der Waals surface area contributed by atoms with Crippen molar-refractivity contribution in [3.63, 3.8) is 0 Å². The lowest BCUT2D eigenvalue weighted by Crippen LogP contribution is -2.15. The van der Waals surface area contributed by atoms with Gasteiger partial charge in [-0.15, -0.1) is 10.2 Å². The molecule has 0 fully saturated rings. The molecule has 0 aliphatic carbocycles. The predicted molar refractivity (Wildman–Crippen MR) is 106 cm³/mol. The molecule has 7 nitrogen and oxygen atoms in total. The average Bonchev–Trinajstić information content (AvgIpc) is 3.24. The van der Waals surface area contributed by atoms with Crippen molar-refractivity contribution in [2.45, 2.75) is 38.2 Å². The van der Waals surface area contributed by atoms with E-state index in [1.54, 1.807) is 33.9 Å². The van der Waals surface area contributed by atoms with E-state index >= 15 is 0 Å². The van der Waals surface area contributed by atoms with E-state index in [2.05, 4.69) is 15.2 Å². The molecule has 3 aromatic rings. The highest BCUT2D eigenvalue weighted by atomic mass is 32.2. The first-order chi connectivity index (χ1) is 13.3. The monoisotopic (exact) mass is 399 g/mol. The predicted octanol–water partition coefficient (Wildman–Crippen LogP) is 4.26. The third-order valence-electron chi connectivity index (χ3n) is 4.43. The van der Waals surface area contributed by atoms with Crippen molar-refractivity contribution in [2.24, 2.45) is 0 Å². The molecule has 2 aromatic heterocycles. The molecular weight excluding hydrogens is 378 g/mol. The molecule has 1 unspecified atom stereocenters. The van der Waals surface area contributed by atoms with Crippen molar-refractivity contribution in [2.75, 3.05) is 7.11 Å². The Morgan fingerprint density at radius 2 is 1.93 bits per heavy atom. The van der Waals surface area contributed by atoms with Gasteiger partial charge in [0, 0.05) is 11.3 Å². The molecule has 1 atom stereocenters. The second-order valence-electron chi connectivity index (χ2n) is 6.38. The Morgan fingerprint density at radius 1 is 1.21 bits per heavy atom. The lowest BCUT2D eigenvalue weighted by Gasteiger charge is -2.07. The number of hydrogen-bond acceptors (Lipinski definition) is 7. The van der Waals surface area contributed by atoms with Gasteiger partial charge in [-0.1, -0.05) is 23.9 Å². The van der Waals surface area contributed by atoms with E-state index in [9.17, 15) is 9.59 Å². The molecule has 0 aliphatic heterocycles. The number of methoxy groups -OCH3 is 1. The summed E-state index contributed by atoms with van der Waals surface area (Å²) >= 11 is 1.17. The molecule has 0 saturated carbocycles. The number of para-hydroxylation sites is 1. The summed E-state index contributed by atoms with van der Waals surface area (Å²) in [5.74, 6) is 0.755. The highest BCUT2D eigenvalue weighted by Crippen LogP contribution is 2.32. The van der Waals surface area contributed by atoms with Crippen LogP contribution in [0.1, 0.15) is 46.0 Å². The first kappa shape index (κ1) is 19.9. The lowest BCUT2D eigenvalue weighted by molar-refractivity contribution is 0.0988. The largest absolute Gasteiger partial charge is 0.496 e. The number of aryl methyl sites for hydroxylation is 1. The fourth-order valence-corrected chi connectivity index (χ4v) is 3.86. The van der Waals surface area contributed by atoms with Gasteiger partial charge in [0.15, 0.2) is 11.6 Å². The van der Waals surface area contributed by atoms with Crippen LogP contribution in [0, 0.1) is 13.8 Å². The molecule has 3 rings (SSSR count). The number of ketones is 2. The van der Waals surface area contributed by atoms with Crippen molar-refractivity contribution in [3.8, 4) is 17.2 Å². The van der Waals surface area contributed by atoms with Gasteiger partial charge in [0.25, 0.3) is 11.1 Å². The maximum Gasteiger partial charge on any atom is 0.277 e. The normalized spacial score (nSPS) is 12.0. The number of Topliss-reactive ketones (excluding diaryl/α,β-unsaturated/α-hetero) is 2. The van der Waals surface area contributed by atoms with E-state index < -0.39 is 5.25 Å². The van der Waals surface area contributed by atoms with Gasteiger partial charge < -0.3 is 14.1 Å². The fraction of sp³-hybridized carbons (Fsp3) is 0.300. The number of benzene rings is 1. The van der Waals surface area contributed by atoms with Crippen LogP contribution in [0.25, 0.3) is 11.5 Å². The summed E-state index contributed by atoms with van der Waals surface area (Å²) < 4.78 is 11.0. The Hall–Kier alpha value is -2.87. The highest BCUT2D eigenvalue weighted by molar-refractivity contribution is 8.00. The quantitative estimate of drug-likeness (QED) is 0.468. The van der Waals surface area contributed by atoms with Crippen molar-refractivity contribution in [1.29, 1.82) is 0 Å². The van der Waals surface area contributed by atoms with Gasteiger partial charge in [0.1, 0.15) is 5.75 Å². The molecular formula is C20H21N3O4S. The van der Waals surface area contributed by atoms with Gasteiger partial charge >= 0.3 is 0 Å². The number of H-pyrrole nitrogens is 1. The SMILES string of the molecule is COc1ccccc1-c1nnc(SC(C)C(=O)c2[nH]c(C)c(C(C)=O)c2C)o1. The second kappa shape index (κ2) is 8.02. The minimum atomic E-state index is -0.470. The number of ether oxygens (including phenoxy) is 1. The molecule has 28 heavy (non-hydrogen) atoms. The third-order valence-corrected chi connectivity index (χ3v) is 5.36. The Balaban J connectivity index is 1.80. The molecule has 1 N–H and O–H groups in total. The third kappa shape index (κ3) is 3.73. The van der Waals surface area contributed by atoms with Crippen molar-refractivity contribution < 1.29 is 18.7 Å². The Morgan fingerprint density at radius 3 is 2.57 bits per heavy atom. The van der Waals surface area contributed by atoms with Crippen LogP contribution < -0.4 is 4.74 Å². The van der Waals surface area contributed by atoms with Crippen molar-refractivity contribution in [3.05, 3.63) is 46.8 Å². The van der Waals surface area contributed by atoms with Gasteiger partial charge in [-0.05, 0) is 45.4 Å². The number of carbonyl (C=O) groups is 2. The molecule has 0 saturated heterocycles. The van der Waals surface area contributed by atoms with E-state index in [4.69, 9.17) is 9.15 Å². The van der Waals surface area contributed by atoms with Crippen LogP contribution in [-0.2, 0) is 0 Å². The molecule has 0 spiro atoms. The van der Waals surface area contributed by atoms with Crippen LogP contribution in [0.15, 0.2) is 33.9 Å². The number of hydrogen-bond donors (Lipinski definition) is 1. The molecule has 8 heteroatoms. The van der Waals surface area contributed by atoms with Crippen LogP contribution in [0.2, 0.25) is 0 Å². The molecule has 2 heterocycles. The summed E-state index contributed by atoms with van der Waals surface area (Å²) in [5.41, 5.74) is 3.05. The van der Waals surface area contributed by atoms with Gasteiger partial charge in [-0.25, -0.2) is 0 Å². The topological polar surface area (TPSA) is 98.1 Å². The van der Waals surface area contributed by atoms with E-state index in [0.717, 1.165) is 0 Å². The summed E-state index contributed by atoms with van der Waals surface area (Å²) in [6.45, 7) is 6.82. The van der Waals surface area contributed by atoms with Crippen LogP contribution in [0.3, 0.4) is 0 Å². The van der Waals surface area contributed by atoms with E-state index in [1.807, 2.05) is 18.2 Å². The second-order valence-corrected chi connectivity index (χ2v) is 7.67. The first-order valence-corrected chi connectivity index (χ1v) is 9.59. The molecule has 0 amide bonds. The summed E-state index contributed by atoms with van der Waals surface area (Å²) in [7, 11) is 1.57. The van der Waals surface area contributed by atoms with Crippen molar-refractivity contribution in [1.82, 2.24) is 15.2 Å². The van der Waals surface area contributed by atoms with Crippen molar-refractivity contribution >= 4 is 23.3 Å². The van der Waals surface area contributed by atoms with Crippen LogP contribution in [-0.4, -0.2) is 39.1 Å². The summed E-state index contributed by atoms with van der Waals surface area (Å²) in [6.07, 6.45) is 0. The van der Waals surface area contributed by atoms with Crippen LogP contribution in [0.4, 0.5) is 0 Å². The molecule has 0 aliphatic rings. The summed E-state index contributed by atoms with van der Waals surface area (Å²) in [6, 6.07) is 7.33. The lowest BCUT2D eigenvalue weighted by atomic mass is 10.0. The minimum Gasteiger partial charge on any atom is -0.496 e. The van der Waals surface area contributed by atoms with E-state index in [1.165, 1.54) is 18.7 Å². The zero-order valence-electron chi connectivity index (χ0n) is 16.3. The standard InChI is InChI=1S/C20H21N3O4S/c1-10-16(12(3)24)11(2)21-17(10)18(25)13(4)28-20-23-22-19(27-20)14-8-6-7-9-15(14)26-5/h6-9,13,21H,1-5H3. The number of thioether (sulfide) groups is 1. The number of nitrogens with one attached hydrogen (secondary N) is 1. The van der Waals surface area contributed by atoms with Crippen LogP contribution >= 0.6 is 11.8 Å². The Kier molecular flexibility index (Phi) is 5.69. The van der Waals surface area contributed by atoms with Gasteiger partial charge in [0.2, 0.25) is 0 Å². The zero-order valence-corrected chi connectivity index (χ0v) is 17.1. The van der Waals surface area contributed by atoms with Gasteiger partial charge in [0.05, 0.1) is 23.6 Å². The highest BCUT2D eigenvalue weighted by Gasteiger charge is 2.26. The Bertz CT molecular complexity index is 1040. The number of nitrogens with zero attached hydrogens (tertiary/aromatic N) is 2.